The fraction of sp³-hybridized carbons (Fsp3) is 0.467. The summed E-state index contributed by atoms with van der Waals surface area (Å²) >= 11 is 1.49. The second kappa shape index (κ2) is 5.87. The van der Waals surface area contributed by atoms with E-state index >= 15 is 0 Å². The summed E-state index contributed by atoms with van der Waals surface area (Å²) in [6.45, 7) is 4.02. The summed E-state index contributed by atoms with van der Waals surface area (Å²) < 4.78 is 0. The normalized spacial score (nSPS) is 19.4. The number of piperidine rings is 1. The number of H-pyrrole nitrogens is 1. The first kappa shape index (κ1) is 13.5. The molecule has 1 saturated heterocycles. The summed E-state index contributed by atoms with van der Waals surface area (Å²) in [5.74, 6) is 1.32. The molecule has 4 nitrogen and oxygen atoms in total. The lowest BCUT2D eigenvalue weighted by Crippen LogP contribution is -2.40. The summed E-state index contributed by atoms with van der Waals surface area (Å²) in [4.78, 5) is 21.9. The minimum atomic E-state index is 0.224. The molecule has 1 amide bonds. The Balaban J connectivity index is 1.59. The van der Waals surface area contributed by atoms with Crippen LogP contribution in [0.1, 0.15) is 19.8 Å². The Bertz CT molecular complexity index is 577. The van der Waals surface area contributed by atoms with Crippen molar-refractivity contribution in [3.63, 3.8) is 0 Å². The van der Waals surface area contributed by atoms with Crippen molar-refractivity contribution in [3.05, 3.63) is 24.3 Å². The maximum absolute atomic E-state index is 12.2. The predicted octanol–water partition coefficient (Wildman–Crippen LogP) is 2.91. The number of benzene rings is 1. The van der Waals surface area contributed by atoms with Crippen molar-refractivity contribution in [2.45, 2.75) is 24.9 Å². The third kappa shape index (κ3) is 2.98. The summed E-state index contributed by atoms with van der Waals surface area (Å²) in [6.07, 6.45) is 2.36. The number of aromatic amines is 1. The number of para-hydroxylation sites is 2. The van der Waals surface area contributed by atoms with Crippen molar-refractivity contribution in [2.75, 3.05) is 18.8 Å². The van der Waals surface area contributed by atoms with Gasteiger partial charge in [0.1, 0.15) is 0 Å². The number of likely N-dealkylation sites (tertiary alicyclic amines) is 1. The van der Waals surface area contributed by atoms with Gasteiger partial charge in [-0.15, -0.1) is 0 Å². The first-order valence-corrected chi connectivity index (χ1v) is 8.06. The molecule has 0 radical (unpaired) electrons. The Morgan fingerprint density at radius 2 is 2.35 bits per heavy atom. The highest BCUT2D eigenvalue weighted by Gasteiger charge is 2.21. The van der Waals surface area contributed by atoms with Gasteiger partial charge >= 0.3 is 0 Å². The second-order valence-corrected chi connectivity index (χ2v) is 6.40. The molecule has 1 unspecified atom stereocenters. The number of carbonyl (C=O) groups excluding carboxylic acids is 1. The second-order valence-electron chi connectivity index (χ2n) is 5.43. The molecule has 2 heterocycles. The quantitative estimate of drug-likeness (QED) is 0.884. The van der Waals surface area contributed by atoms with E-state index in [1.165, 1.54) is 18.2 Å². The number of aromatic nitrogens is 2. The highest BCUT2D eigenvalue weighted by molar-refractivity contribution is 7.99. The summed E-state index contributed by atoms with van der Waals surface area (Å²) in [5.41, 5.74) is 1.98. The fourth-order valence-electron chi connectivity index (χ4n) is 2.64. The monoisotopic (exact) mass is 289 g/mol. The van der Waals surface area contributed by atoms with E-state index < -0.39 is 0 Å². The number of hydrogen-bond acceptors (Lipinski definition) is 3. The van der Waals surface area contributed by atoms with Gasteiger partial charge in [0.25, 0.3) is 0 Å². The van der Waals surface area contributed by atoms with E-state index in [1.807, 2.05) is 29.2 Å². The van der Waals surface area contributed by atoms with Gasteiger partial charge in [-0.05, 0) is 30.9 Å². The smallest absolute Gasteiger partial charge is 0.233 e. The summed E-state index contributed by atoms with van der Waals surface area (Å²) in [6, 6.07) is 7.93. The zero-order valence-corrected chi connectivity index (χ0v) is 12.4. The van der Waals surface area contributed by atoms with Crippen LogP contribution in [-0.4, -0.2) is 39.6 Å². The SMILES string of the molecule is CC1CCCN(C(=O)CSc2nc3ccccc3[nH]2)C1. The van der Waals surface area contributed by atoms with Gasteiger partial charge in [-0.2, -0.15) is 0 Å². The third-order valence-electron chi connectivity index (χ3n) is 3.71. The van der Waals surface area contributed by atoms with Crippen LogP contribution in [0.2, 0.25) is 0 Å². The van der Waals surface area contributed by atoms with Crippen molar-refractivity contribution in [1.29, 1.82) is 0 Å². The Hall–Kier alpha value is -1.49. The van der Waals surface area contributed by atoms with Crippen molar-refractivity contribution in [1.82, 2.24) is 14.9 Å². The van der Waals surface area contributed by atoms with Crippen molar-refractivity contribution >= 4 is 28.7 Å². The molecule has 1 aliphatic heterocycles. The maximum Gasteiger partial charge on any atom is 0.233 e. The number of nitrogens with zero attached hydrogens (tertiary/aromatic N) is 2. The van der Waals surface area contributed by atoms with E-state index in [4.69, 9.17) is 0 Å². The average Bonchev–Trinajstić information content (AvgIpc) is 2.87. The Labute approximate surface area is 123 Å². The zero-order chi connectivity index (χ0) is 13.9. The lowest BCUT2D eigenvalue weighted by Gasteiger charge is -2.30. The van der Waals surface area contributed by atoms with Crippen LogP contribution in [0.5, 0.6) is 0 Å². The number of amides is 1. The Morgan fingerprint density at radius 1 is 1.50 bits per heavy atom. The number of nitrogens with one attached hydrogen (secondary N) is 1. The van der Waals surface area contributed by atoms with Crippen molar-refractivity contribution < 1.29 is 4.79 Å². The molecule has 1 fully saturated rings. The summed E-state index contributed by atoms with van der Waals surface area (Å²) in [7, 11) is 0. The maximum atomic E-state index is 12.2. The molecule has 5 heteroatoms. The number of carbonyl (C=O) groups is 1. The van der Waals surface area contributed by atoms with Crippen LogP contribution in [0.15, 0.2) is 29.4 Å². The molecule has 1 aromatic carbocycles. The molecule has 0 aliphatic carbocycles. The van der Waals surface area contributed by atoms with Crippen molar-refractivity contribution in [3.8, 4) is 0 Å². The Kier molecular flexibility index (Phi) is 3.96. The Morgan fingerprint density at radius 3 is 3.15 bits per heavy atom. The minimum Gasteiger partial charge on any atom is -0.342 e. The number of fused-ring (bicyclic) bond motifs is 1. The standard InChI is InChI=1S/C15H19N3OS/c1-11-5-4-8-18(9-11)14(19)10-20-15-16-12-6-2-3-7-13(12)17-15/h2-3,6-7,11H,4-5,8-10H2,1H3,(H,16,17). The number of hydrogen-bond donors (Lipinski definition) is 1. The molecule has 1 aromatic heterocycles. The van der Waals surface area contributed by atoms with Gasteiger partial charge in [0.2, 0.25) is 5.91 Å². The van der Waals surface area contributed by atoms with Gasteiger partial charge in [-0.3, -0.25) is 4.79 Å². The van der Waals surface area contributed by atoms with Gasteiger partial charge in [0.15, 0.2) is 5.16 Å². The fourth-order valence-corrected chi connectivity index (χ4v) is 3.42. The predicted molar refractivity (Wildman–Crippen MR) is 81.8 cm³/mol. The van der Waals surface area contributed by atoms with E-state index in [9.17, 15) is 4.79 Å². The molecule has 20 heavy (non-hydrogen) atoms. The molecular formula is C15H19N3OS. The van der Waals surface area contributed by atoms with Gasteiger partial charge in [-0.1, -0.05) is 30.8 Å². The van der Waals surface area contributed by atoms with Crippen LogP contribution in [-0.2, 0) is 4.79 Å². The van der Waals surface area contributed by atoms with Crippen LogP contribution in [0.4, 0.5) is 0 Å². The molecule has 0 spiro atoms. The van der Waals surface area contributed by atoms with E-state index in [2.05, 4.69) is 16.9 Å². The topological polar surface area (TPSA) is 49.0 Å². The molecule has 0 bridgehead atoms. The lowest BCUT2D eigenvalue weighted by atomic mass is 10.0. The molecule has 106 valence electrons. The van der Waals surface area contributed by atoms with Gasteiger partial charge in [0, 0.05) is 13.1 Å². The van der Waals surface area contributed by atoms with Crippen LogP contribution in [0.25, 0.3) is 11.0 Å². The average molecular weight is 289 g/mol. The number of imidazole rings is 1. The molecule has 2 aromatic rings. The highest BCUT2D eigenvalue weighted by Crippen LogP contribution is 2.21. The lowest BCUT2D eigenvalue weighted by molar-refractivity contribution is -0.130. The van der Waals surface area contributed by atoms with Gasteiger partial charge in [0.05, 0.1) is 16.8 Å². The molecule has 1 aliphatic rings. The van der Waals surface area contributed by atoms with Gasteiger partial charge < -0.3 is 9.88 Å². The molecule has 3 rings (SSSR count). The van der Waals surface area contributed by atoms with Crippen molar-refractivity contribution in [2.24, 2.45) is 5.92 Å². The largest absolute Gasteiger partial charge is 0.342 e. The number of thioether (sulfide) groups is 1. The van der Waals surface area contributed by atoms with Crippen LogP contribution < -0.4 is 0 Å². The summed E-state index contributed by atoms with van der Waals surface area (Å²) in [5, 5.41) is 0.824. The highest BCUT2D eigenvalue weighted by atomic mass is 32.2. The van der Waals surface area contributed by atoms with Crippen LogP contribution in [0, 0.1) is 5.92 Å². The first-order valence-electron chi connectivity index (χ1n) is 7.07. The zero-order valence-electron chi connectivity index (χ0n) is 11.6. The van der Waals surface area contributed by atoms with E-state index in [1.54, 1.807) is 0 Å². The van der Waals surface area contributed by atoms with E-state index in [0.717, 1.165) is 35.7 Å². The molecule has 1 N–H and O–H groups in total. The van der Waals surface area contributed by atoms with Crippen LogP contribution in [0.3, 0.4) is 0 Å². The molecular weight excluding hydrogens is 270 g/mol. The van der Waals surface area contributed by atoms with Gasteiger partial charge in [-0.25, -0.2) is 4.98 Å². The molecule has 1 atom stereocenters. The number of rotatable bonds is 3. The van der Waals surface area contributed by atoms with Crippen LogP contribution >= 0.6 is 11.8 Å². The third-order valence-corrected chi connectivity index (χ3v) is 4.57. The minimum absolute atomic E-state index is 0.224. The van der Waals surface area contributed by atoms with E-state index in [-0.39, 0.29) is 5.91 Å². The first-order chi connectivity index (χ1) is 9.72. The van der Waals surface area contributed by atoms with E-state index in [0.29, 0.717) is 11.7 Å². The molecule has 0 saturated carbocycles.